The molecular formula is C16H31N. The van der Waals surface area contributed by atoms with Gasteiger partial charge in [-0.1, -0.05) is 64.8 Å². The van der Waals surface area contributed by atoms with Crippen LogP contribution in [0.3, 0.4) is 0 Å². The lowest BCUT2D eigenvalue weighted by molar-refractivity contribution is 0.502. The van der Waals surface area contributed by atoms with Crippen LogP contribution in [0.2, 0.25) is 0 Å². The Morgan fingerprint density at radius 2 is 1.59 bits per heavy atom. The smallest absolute Gasteiger partial charge is 0.0116 e. The fraction of sp³-hybridized carbons (Fsp3) is 0.625. The van der Waals surface area contributed by atoms with Gasteiger partial charge in [0.25, 0.3) is 0 Å². The summed E-state index contributed by atoms with van der Waals surface area (Å²) in [7, 11) is 1.69. The largest absolute Gasteiger partial charge is 0.349 e. The molecule has 1 nitrogen and oxygen atoms in total. The van der Waals surface area contributed by atoms with Crippen molar-refractivity contribution in [2.75, 3.05) is 7.05 Å². The van der Waals surface area contributed by atoms with Crippen LogP contribution >= 0.6 is 0 Å². The molecule has 0 saturated carbocycles. The van der Waals surface area contributed by atoms with E-state index in [2.05, 4.69) is 65.1 Å². The molecule has 0 aliphatic rings. The second-order valence-corrected chi connectivity index (χ2v) is 4.13. The zero-order valence-electron chi connectivity index (χ0n) is 13.0. The summed E-state index contributed by atoms with van der Waals surface area (Å²) in [5, 5.41) is 2.46. The normalized spacial score (nSPS) is 11.2. The summed E-state index contributed by atoms with van der Waals surface area (Å²) in [5.41, 5.74) is 2.50. The van der Waals surface area contributed by atoms with E-state index in [0.29, 0.717) is 5.92 Å². The Kier molecular flexibility index (Phi) is 18.5. The predicted molar refractivity (Wildman–Crippen MR) is 81.8 cm³/mol. The molecule has 0 aliphatic heterocycles. The molecule has 0 radical (unpaired) electrons. The van der Waals surface area contributed by atoms with Crippen LogP contribution in [0.15, 0.2) is 23.8 Å². The highest BCUT2D eigenvalue weighted by Gasteiger charge is 2.03. The van der Waals surface area contributed by atoms with E-state index in [9.17, 15) is 0 Å². The lowest BCUT2D eigenvalue weighted by Crippen LogP contribution is -2.00. The van der Waals surface area contributed by atoms with Gasteiger partial charge in [-0.05, 0) is 25.7 Å². The average molecular weight is 237 g/mol. The number of hydrogen-bond donors (Lipinski definition) is 1. The van der Waals surface area contributed by atoms with Crippen LogP contribution < -0.4 is 5.32 Å². The Morgan fingerprint density at radius 1 is 1.24 bits per heavy atom. The van der Waals surface area contributed by atoms with Crippen molar-refractivity contribution in [3.05, 3.63) is 23.8 Å². The van der Waals surface area contributed by atoms with Crippen LogP contribution in [0.5, 0.6) is 0 Å². The molecule has 1 N–H and O–H groups in total. The Balaban J connectivity index is -0.000000275. The molecule has 0 aliphatic carbocycles. The van der Waals surface area contributed by atoms with Crippen molar-refractivity contribution in [1.29, 1.82) is 0 Å². The number of nitrogens with one attached hydrogen (secondary N) is 1. The van der Waals surface area contributed by atoms with E-state index in [-0.39, 0.29) is 0 Å². The van der Waals surface area contributed by atoms with Gasteiger partial charge in [0.1, 0.15) is 0 Å². The maximum atomic E-state index is 4.67. The van der Waals surface area contributed by atoms with Gasteiger partial charge in [0.15, 0.2) is 0 Å². The van der Waals surface area contributed by atoms with E-state index >= 15 is 0 Å². The zero-order chi connectivity index (χ0) is 14.4. The molecule has 0 aromatic heterocycles. The van der Waals surface area contributed by atoms with Gasteiger partial charge < -0.3 is 5.32 Å². The highest BCUT2D eigenvalue weighted by molar-refractivity contribution is 5.24. The first-order valence-electron chi connectivity index (χ1n) is 6.33. The van der Waals surface area contributed by atoms with E-state index in [4.69, 9.17) is 0 Å². The van der Waals surface area contributed by atoms with E-state index in [1.165, 1.54) is 11.1 Å². The lowest BCUT2D eigenvalue weighted by atomic mass is 9.94. The summed E-state index contributed by atoms with van der Waals surface area (Å²) < 4.78 is 0. The molecule has 0 saturated heterocycles. The van der Waals surface area contributed by atoms with E-state index in [1.54, 1.807) is 7.05 Å². The lowest BCUT2D eigenvalue weighted by Gasteiger charge is -2.11. The Labute approximate surface area is 109 Å². The highest BCUT2D eigenvalue weighted by atomic mass is 14.8. The molecule has 0 fully saturated rings. The maximum Gasteiger partial charge on any atom is 0.0116 e. The summed E-state index contributed by atoms with van der Waals surface area (Å²) in [6.07, 6.45) is 6.97. The van der Waals surface area contributed by atoms with Gasteiger partial charge in [0.2, 0.25) is 0 Å². The van der Waals surface area contributed by atoms with Crippen LogP contribution in [-0.4, -0.2) is 7.05 Å². The first-order chi connectivity index (χ1) is 7.86. The van der Waals surface area contributed by atoms with E-state index < -0.39 is 0 Å². The molecular weight excluding hydrogens is 206 g/mol. The van der Waals surface area contributed by atoms with Crippen molar-refractivity contribution < 1.29 is 0 Å². The summed E-state index contributed by atoms with van der Waals surface area (Å²) in [6, 6.07) is 2.18. The van der Waals surface area contributed by atoms with Gasteiger partial charge in [-0.15, -0.1) is 0 Å². The van der Waals surface area contributed by atoms with Crippen LogP contribution in [0.25, 0.3) is 0 Å². The maximum absolute atomic E-state index is 4.67. The van der Waals surface area contributed by atoms with Crippen LogP contribution in [0.1, 0.15) is 48.5 Å². The van der Waals surface area contributed by atoms with Crippen molar-refractivity contribution in [3.63, 3.8) is 0 Å². The molecule has 0 amide bonds. The fourth-order valence-electron chi connectivity index (χ4n) is 0.729. The van der Waals surface area contributed by atoms with E-state index in [1.807, 2.05) is 13.8 Å². The SMILES string of the molecule is C#CNC.C=C(C)/C(C)=C\C(C)C(C)C.CC. The third-order valence-corrected chi connectivity index (χ3v) is 2.38. The van der Waals surface area contributed by atoms with Crippen LogP contribution in [-0.2, 0) is 0 Å². The first kappa shape index (κ1) is 21.2. The molecule has 0 aromatic carbocycles. The second kappa shape index (κ2) is 14.8. The Bertz CT molecular complexity index is 241. The Morgan fingerprint density at radius 3 is 1.76 bits per heavy atom. The minimum atomic E-state index is 0.659. The van der Waals surface area contributed by atoms with Gasteiger partial charge in [-0.2, -0.15) is 0 Å². The van der Waals surface area contributed by atoms with Crippen LogP contribution in [0, 0.1) is 24.3 Å². The van der Waals surface area contributed by atoms with Gasteiger partial charge in [-0.25, -0.2) is 0 Å². The molecule has 1 unspecified atom stereocenters. The highest BCUT2D eigenvalue weighted by Crippen LogP contribution is 2.16. The zero-order valence-corrected chi connectivity index (χ0v) is 13.0. The Hall–Kier alpha value is -1.16. The molecule has 0 bridgehead atoms. The molecule has 100 valence electrons. The van der Waals surface area contributed by atoms with Crippen LogP contribution in [0.4, 0.5) is 0 Å². The minimum absolute atomic E-state index is 0.659. The third-order valence-electron chi connectivity index (χ3n) is 2.38. The second-order valence-electron chi connectivity index (χ2n) is 4.13. The molecule has 0 rings (SSSR count). The predicted octanol–water partition coefficient (Wildman–Crippen LogP) is 4.62. The molecule has 17 heavy (non-hydrogen) atoms. The molecule has 1 atom stereocenters. The van der Waals surface area contributed by atoms with Crippen molar-refractivity contribution in [1.82, 2.24) is 5.32 Å². The number of hydrogen-bond acceptors (Lipinski definition) is 1. The van der Waals surface area contributed by atoms with Crippen molar-refractivity contribution >= 4 is 0 Å². The van der Waals surface area contributed by atoms with Crippen molar-refractivity contribution in [2.24, 2.45) is 11.8 Å². The molecule has 0 spiro atoms. The van der Waals surface area contributed by atoms with Gasteiger partial charge in [0, 0.05) is 13.1 Å². The molecule has 0 aromatic rings. The number of terminal acetylenes is 1. The minimum Gasteiger partial charge on any atom is -0.349 e. The first-order valence-corrected chi connectivity index (χ1v) is 6.33. The van der Waals surface area contributed by atoms with Gasteiger partial charge in [0.05, 0.1) is 0 Å². The number of rotatable bonds is 3. The van der Waals surface area contributed by atoms with Crippen molar-refractivity contribution in [2.45, 2.75) is 48.5 Å². The summed E-state index contributed by atoms with van der Waals surface area (Å²) in [5.74, 6) is 1.39. The van der Waals surface area contributed by atoms with Crippen molar-refractivity contribution in [3.8, 4) is 12.5 Å². The van der Waals surface area contributed by atoms with Gasteiger partial charge >= 0.3 is 0 Å². The topological polar surface area (TPSA) is 12.0 Å². The molecule has 1 heteroatoms. The summed E-state index contributed by atoms with van der Waals surface area (Å²) >= 11 is 0. The average Bonchev–Trinajstić information content (AvgIpc) is 2.31. The van der Waals surface area contributed by atoms with E-state index in [0.717, 1.165) is 5.92 Å². The third kappa shape index (κ3) is 17.5. The molecule has 0 heterocycles. The quantitative estimate of drug-likeness (QED) is 0.429. The monoisotopic (exact) mass is 237 g/mol. The fourth-order valence-corrected chi connectivity index (χ4v) is 0.729. The number of allylic oxidation sites excluding steroid dienone is 3. The standard InChI is InChI=1S/C11H20.C3H5N.C2H6/c1-8(2)10(5)7-11(6)9(3)4;1-3-4-2;1-2/h7,9,11H,1H2,2-6H3;1,4H,2H3;1-2H3/b10-7-;;. The summed E-state index contributed by atoms with van der Waals surface area (Å²) in [6.45, 7) is 18.8. The van der Waals surface area contributed by atoms with Gasteiger partial charge in [-0.3, -0.25) is 0 Å². The summed E-state index contributed by atoms with van der Waals surface area (Å²) in [4.78, 5) is 0.